The highest BCUT2D eigenvalue weighted by molar-refractivity contribution is 5.81. The highest BCUT2D eigenvalue weighted by Gasteiger charge is 2.20. The number of nitrogens with zero attached hydrogens (tertiary/aromatic N) is 2. The summed E-state index contributed by atoms with van der Waals surface area (Å²) in [7, 11) is 0. The quantitative estimate of drug-likeness (QED) is 0.395. The van der Waals surface area contributed by atoms with E-state index < -0.39 is 0 Å². The lowest BCUT2D eigenvalue weighted by Crippen LogP contribution is -2.43. The lowest BCUT2D eigenvalue weighted by molar-refractivity contribution is -0.128. The molecule has 0 bridgehead atoms. The van der Waals surface area contributed by atoms with Gasteiger partial charge >= 0.3 is 0 Å². The Kier molecular flexibility index (Phi) is 7.40. The van der Waals surface area contributed by atoms with E-state index in [1.165, 1.54) is 0 Å². The van der Waals surface area contributed by atoms with Gasteiger partial charge in [0, 0.05) is 30.6 Å². The van der Waals surface area contributed by atoms with Crippen LogP contribution in [0.2, 0.25) is 0 Å². The van der Waals surface area contributed by atoms with Crippen molar-refractivity contribution in [1.29, 1.82) is 0 Å². The normalized spacial score (nSPS) is 11.9. The van der Waals surface area contributed by atoms with Crippen LogP contribution in [-0.4, -0.2) is 36.5 Å². The number of aromatic nitrogens is 1. The van der Waals surface area contributed by atoms with Crippen LogP contribution in [0, 0.1) is 5.41 Å². The second-order valence-corrected chi connectivity index (χ2v) is 7.14. The topological polar surface area (TPSA) is 91.6 Å². The molecule has 1 aromatic heterocycles. The third-order valence-corrected chi connectivity index (χ3v) is 3.70. The maximum atomic E-state index is 11.9. The van der Waals surface area contributed by atoms with Gasteiger partial charge in [-0.15, -0.1) is 0 Å². The van der Waals surface area contributed by atoms with Crippen molar-refractivity contribution >= 4 is 11.9 Å². The predicted molar refractivity (Wildman–Crippen MR) is 107 cm³/mol. The lowest BCUT2D eigenvalue weighted by atomic mass is 9.96. The molecule has 0 aliphatic rings. The Hall–Kier alpha value is -2.83. The smallest absolute Gasteiger partial charge is 0.226 e. The molecule has 0 aliphatic carbocycles. The average molecular weight is 371 g/mol. The van der Waals surface area contributed by atoms with Gasteiger partial charge in [-0.2, -0.15) is 0 Å². The fraction of sp³-hybridized carbons (Fsp3) is 0.450. The monoisotopic (exact) mass is 371 g/mol. The van der Waals surface area contributed by atoms with Gasteiger partial charge in [0.15, 0.2) is 5.96 Å². The van der Waals surface area contributed by atoms with Gasteiger partial charge in [-0.1, -0.05) is 39.0 Å². The fourth-order valence-corrected chi connectivity index (χ4v) is 2.22. The van der Waals surface area contributed by atoms with Crippen molar-refractivity contribution in [2.24, 2.45) is 10.4 Å². The van der Waals surface area contributed by atoms with Crippen molar-refractivity contribution in [2.75, 3.05) is 19.6 Å². The summed E-state index contributed by atoms with van der Waals surface area (Å²) in [6, 6.07) is 9.76. The predicted octanol–water partition coefficient (Wildman–Crippen LogP) is 2.56. The van der Waals surface area contributed by atoms with Gasteiger partial charge in [-0.25, -0.2) is 9.98 Å². The van der Waals surface area contributed by atoms with E-state index in [0.29, 0.717) is 31.5 Å². The zero-order valence-corrected chi connectivity index (χ0v) is 16.5. The van der Waals surface area contributed by atoms with Gasteiger partial charge in [-0.05, 0) is 19.1 Å². The summed E-state index contributed by atoms with van der Waals surface area (Å²) in [5.41, 5.74) is 1.31. The van der Waals surface area contributed by atoms with Crippen LogP contribution in [0.15, 0.2) is 46.0 Å². The lowest BCUT2D eigenvalue weighted by Gasteiger charge is -2.18. The summed E-state index contributed by atoms with van der Waals surface area (Å²) in [4.78, 5) is 20.8. The highest BCUT2D eigenvalue weighted by Crippen LogP contribution is 2.18. The molecule has 0 saturated heterocycles. The van der Waals surface area contributed by atoms with Crippen molar-refractivity contribution in [3.8, 4) is 11.5 Å². The van der Waals surface area contributed by atoms with Crippen LogP contribution in [-0.2, 0) is 11.3 Å². The number of carbonyl (C=O) groups is 1. The maximum Gasteiger partial charge on any atom is 0.226 e. The van der Waals surface area contributed by atoms with Gasteiger partial charge in [0.05, 0.1) is 6.54 Å². The van der Waals surface area contributed by atoms with Crippen molar-refractivity contribution in [2.45, 2.75) is 34.2 Å². The zero-order chi connectivity index (χ0) is 19.7. The largest absolute Gasteiger partial charge is 0.444 e. The Morgan fingerprint density at radius 1 is 1.11 bits per heavy atom. The molecule has 7 nitrogen and oxygen atoms in total. The molecule has 7 heteroatoms. The molecule has 0 aliphatic heterocycles. The van der Waals surface area contributed by atoms with Gasteiger partial charge in [-0.3, -0.25) is 4.79 Å². The molecular weight excluding hydrogens is 342 g/mol. The minimum atomic E-state index is -0.387. The standard InChI is InChI=1S/C20H29N5O2/c1-5-21-19(23-12-11-22-18(26)20(2,3)4)24-13-16-14-27-17(25-16)15-9-7-6-8-10-15/h6-10,14H,5,11-13H2,1-4H3,(H,22,26)(H2,21,23,24). The van der Waals surface area contributed by atoms with E-state index in [1.54, 1.807) is 6.26 Å². The van der Waals surface area contributed by atoms with E-state index in [0.717, 1.165) is 17.8 Å². The summed E-state index contributed by atoms with van der Waals surface area (Å²) in [5, 5.41) is 9.28. The van der Waals surface area contributed by atoms with Crippen LogP contribution < -0.4 is 16.0 Å². The second-order valence-electron chi connectivity index (χ2n) is 7.14. The number of guanidine groups is 1. The summed E-state index contributed by atoms with van der Waals surface area (Å²) in [5.74, 6) is 1.29. The Morgan fingerprint density at radius 2 is 1.81 bits per heavy atom. The molecular formula is C20H29N5O2. The molecule has 1 aromatic carbocycles. The van der Waals surface area contributed by atoms with Crippen LogP contribution in [0.5, 0.6) is 0 Å². The van der Waals surface area contributed by atoms with E-state index in [-0.39, 0.29) is 11.3 Å². The number of oxazole rings is 1. The van der Waals surface area contributed by atoms with Crippen molar-refractivity contribution in [1.82, 2.24) is 20.9 Å². The first-order valence-electron chi connectivity index (χ1n) is 9.20. The van der Waals surface area contributed by atoms with E-state index in [2.05, 4.69) is 25.9 Å². The highest BCUT2D eigenvalue weighted by atomic mass is 16.3. The molecule has 146 valence electrons. The van der Waals surface area contributed by atoms with E-state index in [4.69, 9.17) is 4.42 Å². The van der Waals surface area contributed by atoms with Gasteiger partial charge in [0.1, 0.15) is 12.0 Å². The Morgan fingerprint density at radius 3 is 2.48 bits per heavy atom. The Bertz CT molecular complexity index is 747. The minimum Gasteiger partial charge on any atom is -0.444 e. The van der Waals surface area contributed by atoms with Gasteiger partial charge in [0.2, 0.25) is 11.8 Å². The third-order valence-electron chi connectivity index (χ3n) is 3.70. The SMILES string of the molecule is CCNC(=NCc1coc(-c2ccccc2)n1)NCCNC(=O)C(C)(C)C. The first kappa shape index (κ1) is 20.5. The summed E-state index contributed by atoms with van der Waals surface area (Å²) in [6.07, 6.45) is 1.62. The number of amides is 1. The number of hydrogen-bond donors (Lipinski definition) is 3. The van der Waals surface area contributed by atoms with Crippen LogP contribution in [0.1, 0.15) is 33.4 Å². The van der Waals surface area contributed by atoms with Crippen LogP contribution in [0.4, 0.5) is 0 Å². The Labute approximate surface area is 160 Å². The first-order chi connectivity index (χ1) is 12.9. The molecule has 0 radical (unpaired) electrons. The Balaban J connectivity index is 1.86. The molecule has 2 aromatic rings. The molecule has 1 amide bonds. The molecule has 0 spiro atoms. The number of hydrogen-bond acceptors (Lipinski definition) is 4. The first-order valence-corrected chi connectivity index (χ1v) is 9.20. The molecule has 0 fully saturated rings. The molecule has 3 N–H and O–H groups in total. The fourth-order valence-electron chi connectivity index (χ4n) is 2.22. The molecule has 2 rings (SSSR count). The minimum absolute atomic E-state index is 0.0299. The zero-order valence-electron chi connectivity index (χ0n) is 16.5. The summed E-state index contributed by atoms with van der Waals surface area (Å²) < 4.78 is 5.53. The third kappa shape index (κ3) is 6.77. The average Bonchev–Trinajstić information content (AvgIpc) is 3.12. The number of carbonyl (C=O) groups excluding carboxylic acids is 1. The van der Waals surface area contributed by atoms with Crippen molar-refractivity contribution in [3.05, 3.63) is 42.3 Å². The van der Waals surface area contributed by atoms with E-state index >= 15 is 0 Å². The second kappa shape index (κ2) is 9.75. The van der Waals surface area contributed by atoms with Crippen LogP contribution in [0.25, 0.3) is 11.5 Å². The molecule has 1 heterocycles. The van der Waals surface area contributed by atoms with Gasteiger partial charge in [0.25, 0.3) is 0 Å². The molecule has 0 unspecified atom stereocenters. The molecule has 0 saturated carbocycles. The molecule has 0 atom stereocenters. The number of nitrogens with one attached hydrogen (secondary N) is 3. The number of benzene rings is 1. The van der Waals surface area contributed by atoms with Crippen molar-refractivity contribution < 1.29 is 9.21 Å². The van der Waals surface area contributed by atoms with Crippen molar-refractivity contribution in [3.63, 3.8) is 0 Å². The maximum absolute atomic E-state index is 11.9. The van der Waals surface area contributed by atoms with Gasteiger partial charge < -0.3 is 20.4 Å². The number of rotatable bonds is 7. The molecule has 27 heavy (non-hydrogen) atoms. The van der Waals surface area contributed by atoms with E-state index in [1.807, 2.05) is 58.0 Å². The summed E-state index contributed by atoms with van der Waals surface area (Å²) >= 11 is 0. The van der Waals surface area contributed by atoms with Crippen LogP contribution >= 0.6 is 0 Å². The van der Waals surface area contributed by atoms with Crippen LogP contribution in [0.3, 0.4) is 0 Å². The number of aliphatic imine (C=N–C) groups is 1. The summed E-state index contributed by atoms with van der Waals surface area (Å²) in [6.45, 7) is 9.94. The van der Waals surface area contributed by atoms with E-state index in [9.17, 15) is 4.79 Å².